The van der Waals surface area contributed by atoms with Crippen molar-refractivity contribution in [1.82, 2.24) is 9.80 Å². The molecule has 2 unspecified atom stereocenters. The first-order chi connectivity index (χ1) is 9.47. The highest BCUT2D eigenvalue weighted by Crippen LogP contribution is 2.29. The molecule has 1 rings (SSSR count). The molecule has 2 N–H and O–H groups in total. The largest absolute Gasteiger partial charge is 0.326 e. The first kappa shape index (κ1) is 17.6. The number of likely N-dealkylation sites (N-methyl/N-ethyl adjacent to an activating group) is 1. The van der Waals surface area contributed by atoms with Gasteiger partial charge in [-0.2, -0.15) is 0 Å². The third kappa shape index (κ3) is 5.17. The van der Waals surface area contributed by atoms with Crippen LogP contribution in [0.4, 0.5) is 0 Å². The van der Waals surface area contributed by atoms with Gasteiger partial charge in [0.2, 0.25) is 0 Å². The second-order valence-corrected chi connectivity index (χ2v) is 6.52. The van der Waals surface area contributed by atoms with Crippen molar-refractivity contribution >= 4 is 15.9 Å². The lowest BCUT2D eigenvalue weighted by Crippen LogP contribution is -2.43. The molecule has 0 aliphatic heterocycles. The summed E-state index contributed by atoms with van der Waals surface area (Å²) in [6.07, 6.45) is 1.14. The molecule has 2 atom stereocenters. The topological polar surface area (TPSA) is 32.5 Å². The van der Waals surface area contributed by atoms with Gasteiger partial charge < -0.3 is 10.6 Å². The Morgan fingerprint density at radius 3 is 2.30 bits per heavy atom. The Kier molecular flexibility index (Phi) is 7.74. The van der Waals surface area contributed by atoms with Crippen molar-refractivity contribution in [2.24, 2.45) is 5.73 Å². The molecule has 0 saturated carbocycles. The Balaban J connectivity index is 2.99. The maximum atomic E-state index is 6.30. The van der Waals surface area contributed by atoms with Crippen LogP contribution in [0.3, 0.4) is 0 Å². The van der Waals surface area contributed by atoms with Crippen molar-refractivity contribution in [3.8, 4) is 0 Å². The van der Waals surface area contributed by atoms with Crippen molar-refractivity contribution < 1.29 is 0 Å². The van der Waals surface area contributed by atoms with Crippen LogP contribution in [0.1, 0.15) is 31.9 Å². The molecular formula is C16H28BrN3. The van der Waals surface area contributed by atoms with Crippen LogP contribution >= 0.6 is 15.9 Å². The van der Waals surface area contributed by atoms with Gasteiger partial charge in [0.1, 0.15) is 0 Å². The molecule has 114 valence electrons. The van der Waals surface area contributed by atoms with Crippen LogP contribution in [0.25, 0.3) is 0 Å². The van der Waals surface area contributed by atoms with E-state index >= 15 is 0 Å². The molecule has 3 nitrogen and oxygen atoms in total. The Morgan fingerprint density at radius 1 is 1.15 bits per heavy atom. The van der Waals surface area contributed by atoms with Crippen molar-refractivity contribution in [3.05, 3.63) is 34.3 Å². The van der Waals surface area contributed by atoms with Crippen LogP contribution in [0.5, 0.6) is 0 Å². The zero-order valence-electron chi connectivity index (χ0n) is 13.1. The highest BCUT2D eigenvalue weighted by molar-refractivity contribution is 9.10. The smallest absolute Gasteiger partial charge is 0.0508 e. The van der Waals surface area contributed by atoms with E-state index in [0.717, 1.165) is 30.5 Å². The zero-order chi connectivity index (χ0) is 15.1. The Hall–Kier alpha value is -0.420. The molecular weight excluding hydrogens is 314 g/mol. The number of hydrogen-bond donors (Lipinski definition) is 1. The summed E-state index contributed by atoms with van der Waals surface area (Å²) in [5, 5.41) is 0. The quantitative estimate of drug-likeness (QED) is 0.788. The van der Waals surface area contributed by atoms with Gasteiger partial charge in [0.25, 0.3) is 0 Å². The standard InChI is InChI=1S/C16H28BrN3/c1-5-10-20(12-11-19(3)4)16(13(2)18)14-8-6-7-9-15(14)17/h6-9,13,16H,5,10-12,18H2,1-4H3. The lowest BCUT2D eigenvalue weighted by atomic mass is 9.99. The Bertz CT molecular complexity index is 393. The highest BCUT2D eigenvalue weighted by Gasteiger charge is 2.25. The van der Waals surface area contributed by atoms with Gasteiger partial charge in [-0.3, -0.25) is 4.90 Å². The first-order valence-electron chi connectivity index (χ1n) is 7.36. The average Bonchev–Trinajstić information content (AvgIpc) is 2.38. The summed E-state index contributed by atoms with van der Waals surface area (Å²) in [5.41, 5.74) is 7.59. The van der Waals surface area contributed by atoms with Crippen LogP contribution < -0.4 is 5.73 Å². The van der Waals surface area contributed by atoms with Gasteiger partial charge in [0.05, 0.1) is 6.04 Å². The molecule has 0 fully saturated rings. The van der Waals surface area contributed by atoms with Gasteiger partial charge >= 0.3 is 0 Å². The zero-order valence-corrected chi connectivity index (χ0v) is 14.7. The average molecular weight is 342 g/mol. The molecule has 0 amide bonds. The van der Waals surface area contributed by atoms with Crippen LogP contribution in [-0.2, 0) is 0 Å². The number of benzene rings is 1. The van der Waals surface area contributed by atoms with E-state index in [2.05, 4.69) is 77.9 Å². The number of nitrogens with zero attached hydrogens (tertiary/aromatic N) is 2. The van der Waals surface area contributed by atoms with E-state index in [9.17, 15) is 0 Å². The third-order valence-corrected chi connectivity index (χ3v) is 4.18. The number of halogens is 1. The van der Waals surface area contributed by atoms with Crippen molar-refractivity contribution in [2.45, 2.75) is 32.4 Å². The fraction of sp³-hybridized carbons (Fsp3) is 0.625. The Morgan fingerprint density at radius 2 is 1.80 bits per heavy atom. The van der Waals surface area contributed by atoms with Gasteiger partial charge in [0, 0.05) is 23.6 Å². The van der Waals surface area contributed by atoms with Gasteiger partial charge in [-0.15, -0.1) is 0 Å². The monoisotopic (exact) mass is 341 g/mol. The third-order valence-electron chi connectivity index (χ3n) is 3.46. The van der Waals surface area contributed by atoms with Crippen LogP contribution in [0.15, 0.2) is 28.7 Å². The van der Waals surface area contributed by atoms with Crippen molar-refractivity contribution in [1.29, 1.82) is 0 Å². The lowest BCUT2D eigenvalue weighted by molar-refractivity contribution is 0.160. The second kappa shape index (κ2) is 8.78. The summed E-state index contributed by atoms with van der Waals surface area (Å²) in [4.78, 5) is 4.73. The summed E-state index contributed by atoms with van der Waals surface area (Å²) >= 11 is 3.67. The van der Waals surface area contributed by atoms with Crippen LogP contribution in [0, 0.1) is 0 Å². The maximum absolute atomic E-state index is 6.30. The molecule has 0 aliphatic rings. The SMILES string of the molecule is CCCN(CCN(C)C)C(c1ccccc1Br)C(C)N. The molecule has 0 saturated heterocycles. The lowest BCUT2D eigenvalue weighted by Gasteiger charge is -2.35. The molecule has 0 aliphatic carbocycles. The van der Waals surface area contributed by atoms with Crippen LogP contribution in [0.2, 0.25) is 0 Å². The highest BCUT2D eigenvalue weighted by atomic mass is 79.9. The molecule has 0 heterocycles. The van der Waals surface area contributed by atoms with Gasteiger partial charge in [-0.05, 0) is 45.6 Å². The number of hydrogen-bond acceptors (Lipinski definition) is 3. The van der Waals surface area contributed by atoms with E-state index in [-0.39, 0.29) is 12.1 Å². The molecule has 0 spiro atoms. The molecule has 0 radical (unpaired) electrons. The van der Waals surface area contributed by atoms with Crippen molar-refractivity contribution in [2.75, 3.05) is 33.7 Å². The summed E-state index contributed by atoms with van der Waals surface area (Å²) in [6, 6.07) is 8.77. The predicted molar refractivity (Wildman–Crippen MR) is 91.0 cm³/mol. The maximum Gasteiger partial charge on any atom is 0.0508 e. The van der Waals surface area contributed by atoms with E-state index in [0.29, 0.717) is 0 Å². The minimum atomic E-state index is 0.0995. The number of rotatable bonds is 8. The normalized spacial score (nSPS) is 14.8. The first-order valence-corrected chi connectivity index (χ1v) is 8.15. The fourth-order valence-corrected chi connectivity index (χ4v) is 3.05. The van der Waals surface area contributed by atoms with E-state index < -0.39 is 0 Å². The van der Waals surface area contributed by atoms with E-state index in [1.165, 1.54) is 5.56 Å². The van der Waals surface area contributed by atoms with E-state index in [4.69, 9.17) is 5.73 Å². The molecule has 1 aromatic rings. The molecule has 4 heteroatoms. The van der Waals surface area contributed by atoms with Gasteiger partial charge in [0.15, 0.2) is 0 Å². The van der Waals surface area contributed by atoms with Crippen molar-refractivity contribution in [3.63, 3.8) is 0 Å². The van der Waals surface area contributed by atoms with Crippen LogP contribution in [-0.4, -0.2) is 49.6 Å². The second-order valence-electron chi connectivity index (χ2n) is 5.66. The van der Waals surface area contributed by atoms with E-state index in [1.54, 1.807) is 0 Å². The minimum absolute atomic E-state index is 0.0995. The minimum Gasteiger partial charge on any atom is -0.326 e. The van der Waals surface area contributed by atoms with Gasteiger partial charge in [-0.1, -0.05) is 41.1 Å². The molecule has 0 bridgehead atoms. The summed E-state index contributed by atoms with van der Waals surface area (Å²) in [7, 11) is 4.23. The van der Waals surface area contributed by atoms with Gasteiger partial charge in [-0.25, -0.2) is 0 Å². The fourth-order valence-electron chi connectivity index (χ4n) is 2.53. The number of nitrogens with two attached hydrogens (primary N) is 1. The summed E-state index contributed by atoms with van der Waals surface area (Å²) in [6.45, 7) is 7.48. The molecule has 20 heavy (non-hydrogen) atoms. The molecule has 1 aromatic carbocycles. The Labute approximate surface area is 132 Å². The summed E-state index contributed by atoms with van der Waals surface area (Å²) in [5.74, 6) is 0. The van der Waals surface area contributed by atoms with E-state index in [1.807, 2.05) is 0 Å². The predicted octanol–water partition coefficient (Wildman–Crippen LogP) is 3.11. The summed E-state index contributed by atoms with van der Waals surface area (Å²) < 4.78 is 1.15. The molecule has 0 aromatic heterocycles.